The molecule has 2 aromatic rings. The van der Waals surface area contributed by atoms with Crippen LogP contribution in [-0.2, 0) is 16.0 Å². The molecular formula is C22H28ClN3O2S. The molecule has 0 bridgehead atoms. The van der Waals surface area contributed by atoms with Gasteiger partial charge in [0.1, 0.15) is 5.01 Å². The average Bonchev–Trinajstić information content (AvgIpc) is 3.22. The minimum absolute atomic E-state index is 0.0409. The number of ether oxygens (including phenoxy) is 1. The van der Waals surface area contributed by atoms with E-state index in [1.54, 1.807) is 0 Å². The maximum absolute atomic E-state index is 12.7. The molecule has 7 heteroatoms. The molecule has 1 saturated heterocycles. The first-order valence-corrected chi connectivity index (χ1v) is 11.7. The number of rotatable bonds is 6. The number of carbonyl (C=O) groups excluding carboxylic acids is 1. The number of morpholine rings is 1. The summed E-state index contributed by atoms with van der Waals surface area (Å²) in [5.41, 5.74) is 1.80. The summed E-state index contributed by atoms with van der Waals surface area (Å²) in [5.74, 6) is 0.0409. The Balaban J connectivity index is 1.37. The molecule has 0 unspecified atom stereocenters. The van der Waals surface area contributed by atoms with Gasteiger partial charge in [0.15, 0.2) is 0 Å². The van der Waals surface area contributed by atoms with Gasteiger partial charge in [-0.1, -0.05) is 49.1 Å². The molecule has 1 aromatic carbocycles. The van der Waals surface area contributed by atoms with E-state index in [1.165, 1.54) is 30.6 Å². The van der Waals surface area contributed by atoms with Crippen LogP contribution in [0.25, 0.3) is 10.6 Å². The summed E-state index contributed by atoms with van der Waals surface area (Å²) >= 11 is 7.80. The van der Waals surface area contributed by atoms with E-state index < -0.39 is 0 Å². The number of hydrogen-bond acceptors (Lipinski definition) is 5. The monoisotopic (exact) mass is 433 g/mol. The van der Waals surface area contributed by atoms with Crippen LogP contribution in [-0.4, -0.2) is 54.2 Å². The molecular weight excluding hydrogens is 406 g/mol. The van der Waals surface area contributed by atoms with Gasteiger partial charge in [-0.25, -0.2) is 4.98 Å². The first-order valence-electron chi connectivity index (χ1n) is 10.5. The van der Waals surface area contributed by atoms with Crippen LogP contribution in [0, 0.1) is 0 Å². The fraction of sp³-hybridized carbons (Fsp3) is 0.545. The van der Waals surface area contributed by atoms with Gasteiger partial charge in [0.2, 0.25) is 5.91 Å². The SMILES string of the molecule is O=C(Cc1csc(-c2ccccc2Cl)n1)NCC1(N2CCOCC2)CCCCC1. The first kappa shape index (κ1) is 20.8. The van der Waals surface area contributed by atoms with E-state index in [0.717, 1.165) is 55.4 Å². The van der Waals surface area contributed by atoms with Gasteiger partial charge in [-0.05, 0) is 18.9 Å². The van der Waals surface area contributed by atoms with E-state index >= 15 is 0 Å². The van der Waals surface area contributed by atoms with Crippen LogP contribution in [0.5, 0.6) is 0 Å². The number of nitrogens with zero attached hydrogens (tertiary/aromatic N) is 2. The molecule has 2 heterocycles. The van der Waals surface area contributed by atoms with Gasteiger partial charge in [-0.3, -0.25) is 9.69 Å². The van der Waals surface area contributed by atoms with E-state index in [9.17, 15) is 4.79 Å². The van der Waals surface area contributed by atoms with Gasteiger partial charge >= 0.3 is 0 Å². The Morgan fingerprint density at radius 2 is 1.97 bits per heavy atom. The minimum Gasteiger partial charge on any atom is -0.379 e. The first-order chi connectivity index (χ1) is 14.2. The molecule has 1 saturated carbocycles. The van der Waals surface area contributed by atoms with Gasteiger partial charge in [-0.15, -0.1) is 11.3 Å². The molecule has 1 aromatic heterocycles. The number of hydrogen-bond donors (Lipinski definition) is 1. The lowest BCUT2D eigenvalue weighted by Gasteiger charge is -2.48. The summed E-state index contributed by atoms with van der Waals surface area (Å²) in [5, 5.41) is 6.71. The Hall–Kier alpha value is -1.47. The third kappa shape index (κ3) is 5.00. The zero-order valence-electron chi connectivity index (χ0n) is 16.7. The number of carbonyl (C=O) groups is 1. The smallest absolute Gasteiger partial charge is 0.226 e. The standard InChI is InChI=1S/C22H28ClN3O2S/c23-19-7-3-2-6-18(19)21-25-17(15-29-21)14-20(27)24-16-22(8-4-1-5-9-22)26-10-12-28-13-11-26/h2-3,6-7,15H,1,4-5,8-14,16H2,(H,24,27). The molecule has 1 amide bonds. The van der Waals surface area contributed by atoms with E-state index in [4.69, 9.17) is 16.3 Å². The molecule has 1 N–H and O–H groups in total. The third-order valence-corrected chi connectivity index (χ3v) is 7.33. The Kier molecular flexibility index (Phi) is 6.85. The Morgan fingerprint density at radius 3 is 2.72 bits per heavy atom. The third-order valence-electron chi connectivity index (χ3n) is 6.08. The topological polar surface area (TPSA) is 54.5 Å². The highest BCUT2D eigenvalue weighted by Gasteiger charge is 2.38. The summed E-state index contributed by atoms with van der Waals surface area (Å²) in [4.78, 5) is 19.9. The highest BCUT2D eigenvalue weighted by Crippen LogP contribution is 2.34. The number of aromatic nitrogens is 1. The van der Waals surface area contributed by atoms with Crippen LogP contribution in [0.15, 0.2) is 29.6 Å². The number of benzene rings is 1. The van der Waals surface area contributed by atoms with Gasteiger partial charge in [0, 0.05) is 36.1 Å². The van der Waals surface area contributed by atoms with E-state index in [-0.39, 0.29) is 11.4 Å². The van der Waals surface area contributed by atoms with E-state index in [0.29, 0.717) is 18.0 Å². The molecule has 1 aliphatic carbocycles. The van der Waals surface area contributed by atoms with Gasteiger partial charge in [-0.2, -0.15) is 0 Å². The molecule has 2 fully saturated rings. The average molecular weight is 434 g/mol. The number of thiazole rings is 1. The van der Waals surface area contributed by atoms with Crippen molar-refractivity contribution in [3.8, 4) is 10.6 Å². The van der Waals surface area contributed by atoms with Gasteiger partial charge in [0.05, 0.1) is 30.4 Å². The normalized spacial score (nSPS) is 19.8. The van der Waals surface area contributed by atoms with Crippen molar-refractivity contribution >= 4 is 28.8 Å². The van der Waals surface area contributed by atoms with Crippen molar-refractivity contribution in [1.82, 2.24) is 15.2 Å². The van der Waals surface area contributed by atoms with E-state index in [2.05, 4.69) is 15.2 Å². The van der Waals surface area contributed by atoms with Crippen molar-refractivity contribution in [2.45, 2.75) is 44.1 Å². The molecule has 0 radical (unpaired) electrons. The second kappa shape index (κ2) is 9.56. The Bertz CT molecular complexity index is 829. The van der Waals surface area contributed by atoms with Crippen LogP contribution >= 0.6 is 22.9 Å². The fourth-order valence-corrected chi connectivity index (χ4v) is 5.63. The lowest BCUT2D eigenvalue weighted by molar-refractivity contribution is -0.121. The van der Waals surface area contributed by atoms with Crippen molar-refractivity contribution in [2.75, 3.05) is 32.8 Å². The van der Waals surface area contributed by atoms with Gasteiger partial charge in [0.25, 0.3) is 0 Å². The lowest BCUT2D eigenvalue weighted by Crippen LogP contribution is -2.59. The number of halogens is 1. The van der Waals surface area contributed by atoms with Crippen LogP contribution in [0.4, 0.5) is 0 Å². The van der Waals surface area contributed by atoms with Crippen LogP contribution in [0.1, 0.15) is 37.8 Å². The predicted molar refractivity (Wildman–Crippen MR) is 117 cm³/mol. The second-order valence-electron chi connectivity index (χ2n) is 7.96. The lowest BCUT2D eigenvalue weighted by atomic mass is 9.79. The summed E-state index contributed by atoms with van der Waals surface area (Å²) in [7, 11) is 0. The Morgan fingerprint density at radius 1 is 1.21 bits per heavy atom. The maximum Gasteiger partial charge on any atom is 0.226 e. The summed E-state index contributed by atoms with van der Waals surface area (Å²) in [6, 6.07) is 7.67. The van der Waals surface area contributed by atoms with E-state index in [1.807, 2.05) is 29.6 Å². The zero-order chi connectivity index (χ0) is 20.1. The predicted octanol–water partition coefficient (Wildman–Crippen LogP) is 4.16. The quantitative estimate of drug-likeness (QED) is 0.743. The Labute approximate surface area is 181 Å². The molecule has 0 spiro atoms. The van der Waals surface area contributed by atoms with Crippen LogP contribution in [0.3, 0.4) is 0 Å². The molecule has 156 valence electrons. The van der Waals surface area contributed by atoms with Crippen LogP contribution < -0.4 is 5.32 Å². The zero-order valence-corrected chi connectivity index (χ0v) is 18.2. The highest BCUT2D eigenvalue weighted by molar-refractivity contribution is 7.13. The fourth-order valence-electron chi connectivity index (χ4n) is 4.49. The number of nitrogens with one attached hydrogen (secondary N) is 1. The largest absolute Gasteiger partial charge is 0.379 e. The van der Waals surface area contributed by atoms with Crippen molar-refractivity contribution in [1.29, 1.82) is 0 Å². The second-order valence-corrected chi connectivity index (χ2v) is 9.23. The molecule has 5 nitrogen and oxygen atoms in total. The van der Waals surface area contributed by atoms with Crippen molar-refractivity contribution in [2.24, 2.45) is 0 Å². The van der Waals surface area contributed by atoms with Crippen LogP contribution in [0.2, 0.25) is 5.02 Å². The number of amides is 1. The molecule has 1 aliphatic heterocycles. The molecule has 4 rings (SSSR count). The summed E-state index contributed by atoms with van der Waals surface area (Å²) < 4.78 is 5.54. The molecule has 29 heavy (non-hydrogen) atoms. The van der Waals surface area contributed by atoms with Crippen molar-refractivity contribution in [3.63, 3.8) is 0 Å². The maximum atomic E-state index is 12.7. The molecule has 0 atom stereocenters. The minimum atomic E-state index is 0.0409. The van der Waals surface area contributed by atoms with Crippen molar-refractivity contribution in [3.05, 3.63) is 40.4 Å². The summed E-state index contributed by atoms with van der Waals surface area (Å²) in [6.45, 7) is 4.22. The molecule has 2 aliphatic rings. The summed E-state index contributed by atoms with van der Waals surface area (Å²) in [6.07, 6.45) is 6.38. The highest BCUT2D eigenvalue weighted by atomic mass is 35.5. The van der Waals surface area contributed by atoms with Gasteiger partial charge < -0.3 is 10.1 Å². The van der Waals surface area contributed by atoms with Crippen molar-refractivity contribution < 1.29 is 9.53 Å².